The Morgan fingerprint density at radius 3 is 3.00 bits per heavy atom. The van der Waals surface area contributed by atoms with Crippen LogP contribution in [0.25, 0.3) is 0 Å². The number of rotatable bonds is 4. The zero-order valence-electron chi connectivity index (χ0n) is 10.5. The van der Waals surface area contributed by atoms with Crippen molar-refractivity contribution >= 4 is 22.5 Å². The third kappa shape index (κ3) is 4.93. The van der Waals surface area contributed by atoms with Crippen LogP contribution in [0.5, 0.6) is 0 Å². The quantitative estimate of drug-likeness (QED) is 0.885. The molecule has 10 heteroatoms. The van der Waals surface area contributed by atoms with E-state index in [4.69, 9.17) is 0 Å². The van der Waals surface area contributed by atoms with Crippen LogP contribution >= 0.6 is 11.3 Å². The van der Waals surface area contributed by atoms with Gasteiger partial charge in [0.2, 0.25) is 5.13 Å². The van der Waals surface area contributed by atoms with Gasteiger partial charge in [0.05, 0.1) is 6.54 Å². The molecule has 0 saturated carbocycles. The smallest absolute Gasteiger partial charge is 0.337 e. The second-order valence-electron chi connectivity index (χ2n) is 4.58. The molecule has 1 aromatic rings. The minimum Gasteiger partial charge on any atom is -0.337 e. The van der Waals surface area contributed by atoms with Gasteiger partial charge in [-0.05, 0) is 18.9 Å². The van der Waals surface area contributed by atoms with E-state index in [0.29, 0.717) is 31.2 Å². The maximum absolute atomic E-state index is 12.2. The summed E-state index contributed by atoms with van der Waals surface area (Å²) < 4.78 is 36.7. The number of urea groups is 1. The topological polar surface area (TPSA) is 70.2 Å². The normalized spacial score (nSPS) is 20.1. The van der Waals surface area contributed by atoms with Crippen LogP contribution in [0.2, 0.25) is 0 Å². The SMILES string of the molecule is O=C(NCC1CCN(CC(F)(F)F)C1)Nc1nncs1. The first kappa shape index (κ1) is 15.0. The van der Waals surface area contributed by atoms with Crippen LogP contribution in [-0.4, -0.2) is 53.5 Å². The van der Waals surface area contributed by atoms with E-state index in [1.54, 1.807) is 0 Å². The minimum absolute atomic E-state index is 0.0394. The number of alkyl halides is 3. The predicted octanol–water partition coefficient (Wildman–Crippen LogP) is 1.54. The van der Waals surface area contributed by atoms with E-state index in [2.05, 4.69) is 20.8 Å². The number of aromatic nitrogens is 2. The lowest BCUT2D eigenvalue weighted by atomic mass is 10.1. The average molecular weight is 309 g/mol. The molecule has 2 heterocycles. The molecule has 2 amide bonds. The number of amides is 2. The summed E-state index contributed by atoms with van der Waals surface area (Å²) in [6.45, 7) is 0.210. The molecule has 0 bridgehead atoms. The molecule has 2 rings (SSSR count). The number of carbonyl (C=O) groups is 1. The van der Waals surface area contributed by atoms with Crippen LogP contribution in [0, 0.1) is 5.92 Å². The number of hydrogen-bond acceptors (Lipinski definition) is 5. The number of nitrogens with one attached hydrogen (secondary N) is 2. The van der Waals surface area contributed by atoms with Gasteiger partial charge in [0.15, 0.2) is 0 Å². The van der Waals surface area contributed by atoms with Gasteiger partial charge in [-0.1, -0.05) is 11.3 Å². The summed E-state index contributed by atoms with van der Waals surface area (Å²) in [7, 11) is 0. The molecule has 20 heavy (non-hydrogen) atoms. The number of nitrogens with zero attached hydrogens (tertiary/aromatic N) is 3. The number of carbonyl (C=O) groups excluding carboxylic acids is 1. The van der Waals surface area contributed by atoms with Crippen LogP contribution < -0.4 is 10.6 Å². The number of halogens is 3. The van der Waals surface area contributed by atoms with E-state index in [9.17, 15) is 18.0 Å². The summed E-state index contributed by atoms with van der Waals surface area (Å²) in [5, 5.41) is 12.7. The lowest BCUT2D eigenvalue weighted by molar-refractivity contribution is -0.143. The van der Waals surface area contributed by atoms with Crippen molar-refractivity contribution in [1.29, 1.82) is 0 Å². The van der Waals surface area contributed by atoms with Crippen LogP contribution in [0.4, 0.5) is 23.1 Å². The first-order chi connectivity index (χ1) is 9.42. The van der Waals surface area contributed by atoms with Crippen molar-refractivity contribution in [3.63, 3.8) is 0 Å². The van der Waals surface area contributed by atoms with Gasteiger partial charge in [0.1, 0.15) is 5.51 Å². The van der Waals surface area contributed by atoms with Gasteiger partial charge in [0.25, 0.3) is 0 Å². The van der Waals surface area contributed by atoms with Crippen molar-refractivity contribution in [2.75, 3.05) is 31.5 Å². The Hall–Kier alpha value is -1.42. The Labute approximate surface area is 117 Å². The Bertz CT molecular complexity index is 439. The molecule has 1 atom stereocenters. The number of anilines is 1. The molecular formula is C10H14F3N5OS. The first-order valence-electron chi connectivity index (χ1n) is 6.02. The minimum atomic E-state index is -4.17. The molecule has 1 saturated heterocycles. The molecule has 1 aliphatic rings. The van der Waals surface area contributed by atoms with Crippen LogP contribution in [0.3, 0.4) is 0 Å². The largest absolute Gasteiger partial charge is 0.401 e. The monoisotopic (exact) mass is 309 g/mol. The first-order valence-corrected chi connectivity index (χ1v) is 6.90. The third-order valence-corrected chi connectivity index (χ3v) is 3.51. The van der Waals surface area contributed by atoms with Gasteiger partial charge in [-0.3, -0.25) is 10.2 Å². The lowest BCUT2D eigenvalue weighted by Crippen LogP contribution is -2.36. The maximum atomic E-state index is 12.2. The fourth-order valence-electron chi connectivity index (χ4n) is 2.08. The molecule has 6 nitrogen and oxygen atoms in total. The van der Waals surface area contributed by atoms with E-state index in [1.165, 1.54) is 21.7 Å². The predicted molar refractivity (Wildman–Crippen MR) is 67.5 cm³/mol. The molecule has 0 aromatic carbocycles. The van der Waals surface area contributed by atoms with Gasteiger partial charge in [0, 0.05) is 13.1 Å². The van der Waals surface area contributed by atoms with Gasteiger partial charge in [-0.15, -0.1) is 10.2 Å². The highest BCUT2D eigenvalue weighted by molar-refractivity contribution is 7.13. The Morgan fingerprint density at radius 2 is 2.35 bits per heavy atom. The second-order valence-corrected chi connectivity index (χ2v) is 5.42. The van der Waals surface area contributed by atoms with Crippen LogP contribution in [-0.2, 0) is 0 Å². The van der Waals surface area contributed by atoms with Gasteiger partial charge in [-0.25, -0.2) is 4.79 Å². The highest BCUT2D eigenvalue weighted by atomic mass is 32.1. The Kier molecular flexibility index (Phi) is 4.76. The van der Waals surface area contributed by atoms with Crippen LogP contribution in [0.15, 0.2) is 5.51 Å². The zero-order valence-corrected chi connectivity index (χ0v) is 11.3. The fraction of sp³-hybridized carbons (Fsp3) is 0.700. The van der Waals surface area contributed by atoms with Gasteiger partial charge >= 0.3 is 12.2 Å². The summed E-state index contributed by atoms with van der Waals surface area (Å²) in [5.41, 5.74) is 1.49. The summed E-state index contributed by atoms with van der Waals surface area (Å²) in [4.78, 5) is 12.9. The van der Waals surface area contributed by atoms with Gasteiger partial charge < -0.3 is 5.32 Å². The summed E-state index contributed by atoms with van der Waals surface area (Å²) in [6.07, 6.45) is -3.52. The number of likely N-dealkylation sites (tertiary alicyclic amines) is 1. The van der Waals surface area contributed by atoms with E-state index >= 15 is 0 Å². The highest BCUT2D eigenvalue weighted by Crippen LogP contribution is 2.22. The van der Waals surface area contributed by atoms with Crippen molar-refractivity contribution in [2.24, 2.45) is 5.92 Å². The van der Waals surface area contributed by atoms with E-state index in [0.717, 1.165) is 0 Å². The van der Waals surface area contributed by atoms with Crippen molar-refractivity contribution in [2.45, 2.75) is 12.6 Å². The summed E-state index contributed by atoms with van der Waals surface area (Å²) in [5.74, 6) is 0.0394. The number of hydrogen-bond donors (Lipinski definition) is 2. The second kappa shape index (κ2) is 6.35. The van der Waals surface area contributed by atoms with Gasteiger partial charge in [-0.2, -0.15) is 13.2 Å². The molecule has 2 N–H and O–H groups in total. The maximum Gasteiger partial charge on any atom is 0.401 e. The molecule has 1 unspecified atom stereocenters. The molecule has 0 spiro atoms. The standard InChI is InChI=1S/C10H14F3N5OS/c11-10(12,13)5-18-2-1-7(4-18)3-14-8(19)16-9-17-15-6-20-9/h6-7H,1-5H2,(H2,14,16,17,19). The molecular weight excluding hydrogens is 295 g/mol. The van der Waals surface area contributed by atoms with Crippen LogP contribution in [0.1, 0.15) is 6.42 Å². The van der Waals surface area contributed by atoms with E-state index in [-0.39, 0.29) is 5.92 Å². The van der Waals surface area contributed by atoms with Crippen molar-refractivity contribution in [1.82, 2.24) is 20.4 Å². The molecule has 1 aliphatic heterocycles. The van der Waals surface area contributed by atoms with E-state index < -0.39 is 18.8 Å². The van der Waals surface area contributed by atoms with Crippen molar-refractivity contribution in [3.8, 4) is 0 Å². The average Bonchev–Trinajstić information content (AvgIpc) is 2.96. The molecule has 1 aromatic heterocycles. The molecule has 112 valence electrons. The zero-order chi connectivity index (χ0) is 14.6. The lowest BCUT2D eigenvalue weighted by Gasteiger charge is -2.17. The highest BCUT2D eigenvalue weighted by Gasteiger charge is 2.34. The van der Waals surface area contributed by atoms with Crippen molar-refractivity contribution in [3.05, 3.63) is 5.51 Å². The molecule has 0 aliphatic carbocycles. The van der Waals surface area contributed by atoms with Crippen molar-refractivity contribution < 1.29 is 18.0 Å². The fourth-order valence-corrected chi connectivity index (χ4v) is 2.52. The third-order valence-electron chi connectivity index (χ3n) is 2.90. The Morgan fingerprint density at radius 1 is 1.55 bits per heavy atom. The summed E-state index contributed by atoms with van der Waals surface area (Å²) >= 11 is 1.19. The molecule has 1 fully saturated rings. The van der Waals surface area contributed by atoms with E-state index in [1.807, 2.05) is 0 Å². The Balaban J connectivity index is 1.66. The summed E-state index contributed by atoms with van der Waals surface area (Å²) in [6, 6.07) is -0.420. The molecule has 0 radical (unpaired) electrons.